The van der Waals surface area contributed by atoms with Crippen molar-refractivity contribution in [1.29, 1.82) is 0 Å². The first kappa shape index (κ1) is 21.9. The molecule has 0 aliphatic rings. The van der Waals surface area contributed by atoms with Crippen molar-refractivity contribution in [3.8, 4) is 22.9 Å². The Balaban J connectivity index is 1.55. The first-order valence-electron chi connectivity index (χ1n) is 10.8. The van der Waals surface area contributed by atoms with Gasteiger partial charge in [-0.3, -0.25) is 0 Å². The number of nitrogens with one attached hydrogen (secondary N) is 1. The van der Waals surface area contributed by atoms with Crippen LogP contribution < -0.4 is 14.8 Å². The number of rotatable bonds is 9. The molecular weight excluding hydrogens is 422 g/mol. The first-order chi connectivity index (χ1) is 15.7. The number of anilines is 1. The molecule has 5 nitrogen and oxygen atoms in total. The Labute approximate surface area is 193 Å². The van der Waals surface area contributed by atoms with Crippen LogP contribution in [0.3, 0.4) is 0 Å². The van der Waals surface area contributed by atoms with Crippen molar-refractivity contribution < 1.29 is 9.47 Å². The molecule has 0 radical (unpaired) electrons. The molecule has 0 amide bonds. The van der Waals surface area contributed by atoms with Gasteiger partial charge in [0, 0.05) is 22.5 Å². The lowest BCUT2D eigenvalue weighted by molar-refractivity contribution is 0.287. The molecule has 6 heteroatoms. The minimum Gasteiger partial charge on any atom is -0.490 e. The van der Waals surface area contributed by atoms with Gasteiger partial charge in [0.05, 0.1) is 18.7 Å². The smallest absolute Gasteiger partial charge is 0.162 e. The van der Waals surface area contributed by atoms with Crippen molar-refractivity contribution in [1.82, 2.24) is 9.97 Å². The summed E-state index contributed by atoms with van der Waals surface area (Å²) >= 11 is 6.04. The van der Waals surface area contributed by atoms with Crippen LogP contribution in [0.15, 0.2) is 66.7 Å². The summed E-state index contributed by atoms with van der Waals surface area (Å²) < 4.78 is 11.4. The van der Waals surface area contributed by atoms with Gasteiger partial charge in [-0.25, -0.2) is 9.97 Å². The molecule has 32 heavy (non-hydrogen) atoms. The predicted octanol–water partition coefficient (Wildman–Crippen LogP) is 6.40. The van der Waals surface area contributed by atoms with Crippen LogP contribution in [0.4, 0.5) is 5.82 Å². The molecule has 4 aromatic rings. The van der Waals surface area contributed by atoms with Gasteiger partial charge >= 0.3 is 0 Å². The van der Waals surface area contributed by atoms with E-state index in [0.717, 1.165) is 46.7 Å². The second-order valence-electron chi connectivity index (χ2n) is 7.24. The third kappa shape index (κ3) is 5.11. The van der Waals surface area contributed by atoms with E-state index in [-0.39, 0.29) is 0 Å². The second kappa shape index (κ2) is 10.3. The van der Waals surface area contributed by atoms with Gasteiger partial charge < -0.3 is 14.8 Å². The molecular formula is C26H26ClN3O2. The summed E-state index contributed by atoms with van der Waals surface area (Å²) in [4.78, 5) is 9.54. The summed E-state index contributed by atoms with van der Waals surface area (Å²) in [5.74, 6) is 3.05. The average Bonchev–Trinajstić information content (AvgIpc) is 2.81. The van der Waals surface area contributed by atoms with Gasteiger partial charge in [-0.2, -0.15) is 0 Å². The zero-order valence-electron chi connectivity index (χ0n) is 18.3. The number of para-hydroxylation sites is 1. The summed E-state index contributed by atoms with van der Waals surface area (Å²) in [6.45, 7) is 5.88. The molecule has 0 atom stereocenters. The van der Waals surface area contributed by atoms with Gasteiger partial charge in [0.2, 0.25) is 0 Å². The Morgan fingerprint density at radius 3 is 2.38 bits per heavy atom. The second-order valence-corrected chi connectivity index (χ2v) is 7.68. The van der Waals surface area contributed by atoms with Crippen molar-refractivity contribution in [2.45, 2.75) is 20.3 Å². The molecule has 0 aliphatic heterocycles. The van der Waals surface area contributed by atoms with E-state index < -0.39 is 0 Å². The van der Waals surface area contributed by atoms with Crippen molar-refractivity contribution in [2.75, 3.05) is 25.1 Å². The maximum absolute atomic E-state index is 6.04. The summed E-state index contributed by atoms with van der Waals surface area (Å²) in [5, 5.41) is 5.18. The van der Waals surface area contributed by atoms with Crippen LogP contribution in [0.2, 0.25) is 5.02 Å². The highest BCUT2D eigenvalue weighted by atomic mass is 35.5. The largest absolute Gasteiger partial charge is 0.490 e. The van der Waals surface area contributed by atoms with Crippen molar-refractivity contribution in [3.63, 3.8) is 0 Å². The lowest BCUT2D eigenvalue weighted by atomic mass is 10.1. The topological polar surface area (TPSA) is 56.3 Å². The number of ether oxygens (including phenoxy) is 2. The number of aromatic nitrogens is 2. The number of hydrogen-bond acceptors (Lipinski definition) is 5. The molecule has 0 aliphatic carbocycles. The molecule has 0 saturated carbocycles. The fourth-order valence-corrected chi connectivity index (χ4v) is 3.64. The molecule has 0 bridgehead atoms. The first-order valence-corrected chi connectivity index (χ1v) is 11.2. The van der Waals surface area contributed by atoms with Crippen molar-refractivity contribution in [3.05, 3.63) is 77.3 Å². The SMILES string of the molecule is CCOc1ccc(CCNc2nc(-c3ccc(Cl)cc3)nc3ccccc23)cc1OCC. The minimum atomic E-state index is 0.599. The van der Waals surface area contributed by atoms with E-state index in [4.69, 9.17) is 31.0 Å². The zero-order chi connectivity index (χ0) is 22.3. The number of benzene rings is 3. The third-order valence-electron chi connectivity index (χ3n) is 5.02. The molecule has 0 unspecified atom stereocenters. The molecule has 1 heterocycles. The lowest BCUT2D eigenvalue weighted by Gasteiger charge is -2.14. The van der Waals surface area contributed by atoms with Crippen molar-refractivity contribution in [2.24, 2.45) is 0 Å². The number of halogens is 1. The summed E-state index contributed by atoms with van der Waals surface area (Å²) in [5.41, 5.74) is 2.99. The number of fused-ring (bicyclic) bond motifs is 1. The standard InChI is InChI=1S/C26H26ClN3O2/c1-3-31-23-14-9-18(17-24(23)32-4-2)15-16-28-26-21-7-5-6-8-22(21)29-25(30-26)19-10-12-20(27)13-11-19/h5-14,17H,3-4,15-16H2,1-2H3,(H,28,29,30). The average molecular weight is 448 g/mol. The van der Waals surface area contributed by atoms with E-state index in [1.165, 1.54) is 5.56 Å². The Bertz CT molecular complexity index is 1200. The third-order valence-corrected chi connectivity index (χ3v) is 5.27. The maximum Gasteiger partial charge on any atom is 0.162 e. The van der Waals surface area contributed by atoms with E-state index >= 15 is 0 Å². The summed E-state index contributed by atoms with van der Waals surface area (Å²) in [6, 6.07) is 21.7. The van der Waals surface area contributed by atoms with Gasteiger partial charge in [-0.15, -0.1) is 0 Å². The number of nitrogens with zero attached hydrogens (tertiary/aromatic N) is 2. The monoisotopic (exact) mass is 447 g/mol. The molecule has 164 valence electrons. The predicted molar refractivity (Wildman–Crippen MR) is 131 cm³/mol. The minimum absolute atomic E-state index is 0.599. The quantitative estimate of drug-likeness (QED) is 0.321. The zero-order valence-corrected chi connectivity index (χ0v) is 19.0. The highest BCUT2D eigenvalue weighted by molar-refractivity contribution is 6.30. The van der Waals surface area contributed by atoms with E-state index in [1.807, 2.05) is 74.5 Å². The van der Waals surface area contributed by atoms with Crippen LogP contribution in [-0.2, 0) is 6.42 Å². The van der Waals surface area contributed by atoms with Gasteiger partial charge in [0.15, 0.2) is 17.3 Å². The van der Waals surface area contributed by atoms with Crippen molar-refractivity contribution >= 4 is 28.3 Å². The fraction of sp³-hybridized carbons (Fsp3) is 0.231. The molecule has 0 fully saturated rings. The van der Waals surface area contributed by atoms with Crippen LogP contribution in [0, 0.1) is 0 Å². The molecule has 3 aromatic carbocycles. The molecule has 1 N–H and O–H groups in total. The van der Waals surface area contributed by atoms with Gasteiger partial charge in [0.1, 0.15) is 5.82 Å². The van der Waals surface area contributed by atoms with E-state index in [0.29, 0.717) is 24.1 Å². The summed E-state index contributed by atoms with van der Waals surface area (Å²) in [6.07, 6.45) is 0.821. The Morgan fingerprint density at radius 1 is 0.844 bits per heavy atom. The van der Waals surface area contributed by atoms with Crippen LogP contribution in [0.5, 0.6) is 11.5 Å². The van der Waals surface area contributed by atoms with Crippen LogP contribution in [0.1, 0.15) is 19.4 Å². The van der Waals surface area contributed by atoms with Crippen LogP contribution in [-0.4, -0.2) is 29.7 Å². The molecule has 0 saturated heterocycles. The highest BCUT2D eigenvalue weighted by Gasteiger charge is 2.10. The number of hydrogen-bond donors (Lipinski definition) is 1. The van der Waals surface area contributed by atoms with Crippen LogP contribution >= 0.6 is 11.6 Å². The fourth-order valence-electron chi connectivity index (χ4n) is 3.52. The lowest BCUT2D eigenvalue weighted by Crippen LogP contribution is -2.08. The van der Waals surface area contributed by atoms with E-state index in [9.17, 15) is 0 Å². The molecule has 1 aromatic heterocycles. The normalized spacial score (nSPS) is 10.8. The van der Waals surface area contributed by atoms with Gasteiger partial charge in [-0.1, -0.05) is 29.8 Å². The van der Waals surface area contributed by atoms with Crippen LogP contribution in [0.25, 0.3) is 22.3 Å². The summed E-state index contributed by atoms with van der Waals surface area (Å²) in [7, 11) is 0. The molecule has 4 rings (SSSR count). The van der Waals surface area contributed by atoms with Gasteiger partial charge in [-0.05, 0) is 74.4 Å². The van der Waals surface area contributed by atoms with Gasteiger partial charge in [0.25, 0.3) is 0 Å². The Morgan fingerprint density at radius 2 is 1.59 bits per heavy atom. The maximum atomic E-state index is 6.04. The Hall–Kier alpha value is -3.31. The highest BCUT2D eigenvalue weighted by Crippen LogP contribution is 2.29. The molecule has 0 spiro atoms. The van der Waals surface area contributed by atoms with E-state index in [2.05, 4.69) is 11.4 Å². The van der Waals surface area contributed by atoms with E-state index in [1.54, 1.807) is 0 Å². The Kier molecular flexibility index (Phi) is 7.07.